The van der Waals surface area contributed by atoms with E-state index in [-0.39, 0.29) is 23.8 Å². The SMILES string of the molecule is COCCNS(=O)(=O)c1cc(-c2c(C)nn3c(C)cc(C)nc23)ccc1OC. The number of aryl methyl sites for hydroxylation is 3. The first-order valence-corrected chi connectivity index (χ1v) is 10.3. The highest BCUT2D eigenvalue weighted by Gasteiger charge is 2.22. The Morgan fingerprint density at radius 2 is 1.89 bits per heavy atom. The summed E-state index contributed by atoms with van der Waals surface area (Å²) in [4.78, 5) is 4.68. The average Bonchev–Trinajstić information content (AvgIpc) is 2.97. The Labute approximate surface area is 164 Å². The largest absolute Gasteiger partial charge is 0.495 e. The van der Waals surface area contributed by atoms with E-state index < -0.39 is 10.0 Å². The number of benzene rings is 1. The van der Waals surface area contributed by atoms with Crippen LogP contribution >= 0.6 is 0 Å². The van der Waals surface area contributed by atoms with Crippen LogP contribution in [0.1, 0.15) is 17.1 Å². The summed E-state index contributed by atoms with van der Waals surface area (Å²) in [5.41, 5.74) is 4.78. The van der Waals surface area contributed by atoms with Crippen LogP contribution in [0, 0.1) is 20.8 Å². The van der Waals surface area contributed by atoms with Gasteiger partial charge in [-0.1, -0.05) is 6.07 Å². The molecule has 0 saturated carbocycles. The highest BCUT2D eigenvalue weighted by atomic mass is 32.2. The van der Waals surface area contributed by atoms with Crippen LogP contribution in [0.5, 0.6) is 5.75 Å². The number of nitrogens with zero attached hydrogens (tertiary/aromatic N) is 3. The van der Waals surface area contributed by atoms with Crippen molar-refractivity contribution in [3.8, 4) is 16.9 Å². The molecule has 0 unspecified atom stereocenters. The first kappa shape index (κ1) is 20.2. The minimum Gasteiger partial charge on any atom is -0.495 e. The second-order valence-corrected chi connectivity index (χ2v) is 8.23. The van der Waals surface area contributed by atoms with Crippen LogP contribution in [0.25, 0.3) is 16.8 Å². The number of hydrogen-bond donors (Lipinski definition) is 1. The van der Waals surface area contributed by atoms with Crippen molar-refractivity contribution < 1.29 is 17.9 Å². The van der Waals surface area contributed by atoms with Crippen molar-refractivity contribution in [3.05, 3.63) is 41.3 Å². The number of hydrogen-bond acceptors (Lipinski definition) is 6. The zero-order valence-electron chi connectivity index (χ0n) is 16.6. The molecule has 28 heavy (non-hydrogen) atoms. The summed E-state index contributed by atoms with van der Waals surface area (Å²) >= 11 is 0. The van der Waals surface area contributed by atoms with Gasteiger partial charge in [-0.25, -0.2) is 22.6 Å². The third-order valence-corrected chi connectivity index (χ3v) is 5.89. The Hall–Kier alpha value is -2.49. The molecular formula is C19H24N4O4S. The summed E-state index contributed by atoms with van der Waals surface area (Å²) < 4.78 is 40.1. The third-order valence-electron chi connectivity index (χ3n) is 4.41. The van der Waals surface area contributed by atoms with Gasteiger partial charge in [0.1, 0.15) is 10.6 Å². The summed E-state index contributed by atoms with van der Waals surface area (Å²) in [6.45, 7) is 6.21. The number of rotatable bonds is 7. The smallest absolute Gasteiger partial charge is 0.244 e. The normalized spacial score (nSPS) is 11.9. The van der Waals surface area contributed by atoms with E-state index in [9.17, 15) is 8.42 Å². The molecular weight excluding hydrogens is 380 g/mol. The molecule has 3 aromatic rings. The van der Waals surface area contributed by atoms with Crippen LogP contribution in [0.4, 0.5) is 0 Å². The molecule has 8 nitrogen and oxygen atoms in total. The minimum absolute atomic E-state index is 0.0618. The number of fused-ring (bicyclic) bond motifs is 1. The molecule has 0 aliphatic carbocycles. The van der Waals surface area contributed by atoms with Gasteiger partial charge in [-0.2, -0.15) is 5.10 Å². The van der Waals surface area contributed by atoms with Gasteiger partial charge in [0, 0.05) is 30.6 Å². The lowest BCUT2D eigenvalue weighted by atomic mass is 10.1. The topological polar surface area (TPSA) is 94.8 Å². The molecule has 0 atom stereocenters. The van der Waals surface area contributed by atoms with E-state index in [2.05, 4.69) is 14.8 Å². The van der Waals surface area contributed by atoms with E-state index in [4.69, 9.17) is 9.47 Å². The summed E-state index contributed by atoms with van der Waals surface area (Å²) in [6.07, 6.45) is 0. The van der Waals surface area contributed by atoms with Gasteiger partial charge in [-0.15, -0.1) is 0 Å². The van der Waals surface area contributed by atoms with Gasteiger partial charge in [-0.3, -0.25) is 0 Å². The number of ether oxygens (including phenoxy) is 2. The molecule has 0 aliphatic rings. The molecule has 150 valence electrons. The van der Waals surface area contributed by atoms with E-state index >= 15 is 0 Å². The molecule has 9 heteroatoms. The highest BCUT2D eigenvalue weighted by Crippen LogP contribution is 2.33. The molecule has 1 N–H and O–H groups in total. The van der Waals surface area contributed by atoms with E-state index in [0.29, 0.717) is 11.2 Å². The fourth-order valence-electron chi connectivity index (χ4n) is 3.16. The van der Waals surface area contributed by atoms with Gasteiger partial charge in [0.25, 0.3) is 0 Å². The lowest BCUT2D eigenvalue weighted by Crippen LogP contribution is -2.27. The molecule has 0 spiro atoms. The van der Waals surface area contributed by atoms with Gasteiger partial charge >= 0.3 is 0 Å². The molecule has 0 saturated heterocycles. The van der Waals surface area contributed by atoms with Crippen LogP contribution in [0.2, 0.25) is 0 Å². The van der Waals surface area contributed by atoms with Crippen LogP contribution in [0.3, 0.4) is 0 Å². The molecule has 3 rings (SSSR count). The molecule has 2 heterocycles. The number of sulfonamides is 1. The fraction of sp³-hybridized carbons (Fsp3) is 0.368. The lowest BCUT2D eigenvalue weighted by molar-refractivity contribution is 0.204. The maximum atomic E-state index is 12.8. The van der Waals surface area contributed by atoms with E-state index in [0.717, 1.165) is 22.6 Å². The quantitative estimate of drug-likeness (QED) is 0.607. The predicted molar refractivity (Wildman–Crippen MR) is 106 cm³/mol. The van der Waals surface area contributed by atoms with Crippen LogP contribution in [0.15, 0.2) is 29.2 Å². The monoisotopic (exact) mass is 404 g/mol. The van der Waals surface area contributed by atoms with E-state index in [1.54, 1.807) is 16.6 Å². The summed E-state index contributed by atoms with van der Waals surface area (Å²) in [5.74, 6) is 0.267. The van der Waals surface area contributed by atoms with Crippen molar-refractivity contribution in [2.45, 2.75) is 25.7 Å². The zero-order chi connectivity index (χ0) is 20.5. The molecule has 0 fully saturated rings. The molecule has 0 amide bonds. The molecule has 0 aliphatic heterocycles. The summed E-state index contributed by atoms with van der Waals surface area (Å²) in [5, 5.41) is 4.57. The Morgan fingerprint density at radius 1 is 1.14 bits per heavy atom. The second kappa shape index (κ2) is 7.86. The molecule has 0 radical (unpaired) electrons. The van der Waals surface area contributed by atoms with Crippen LogP contribution in [-0.2, 0) is 14.8 Å². The Kier molecular flexibility index (Phi) is 5.69. The fourth-order valence-corrected chi connectivity index (χ4v) is 4.37. The van der Waals surface area contributed by atoms with E-state index in [1.807, 2.05) is 32.9 Å². The number of aromatic nitrogens is 3. The Bertz CT molecular complexity index is 1120. The van der Waals surface area contributed by atoms with Crippen molar-refractivity contribution in [1.29, 1.82) is 0 Å². The van der Waals surface area contributed by atoms with Crippen molar-refractivity contribution >= 4 is 15.7 Å². The minimum atomic E-state index is -3.77. The van der Waals surface area contributed by atoms with Gasteiger partial charge < -0.3 is 9.47 Å². The standard InChI is InChI=1S/C19H24N4O4S/c1-12-10-13(2)23-19(21-12)18(14(3)22-23)15-6-7-16(27-5)17(11-15)28(24,25)20-8-9-26-4/h6-7,10-11,20H,8-9H2,1-5H3. The van der Waals surface area contributed by atoms with Gasteiger partial charge in [-0.05, 0) is 44.5 Å². The molecule has 2 aromatic heterocycles. The average molecular weight is 404 g/mol. The van der Waals surface area contributed by atoms with Gasteiger partial charge in [0.15, 0.2) is 5.65 Å². The highest BCUT2D eigenvalue weighted by molar-refractivity contribution is 7.89. The summed E-state index contributed by atoms with van der Waals surface area (Å²) in [6, 6.07) is 7.01. The Balaban J connectivity index is 2.17. The molecule has 1 aromatic carbocycles. The van der Waals surface area contributed by atoms with Crippen LogP contribution < -0.4 is 9.46 Å². The summed E-state index contributed by atoms with van der Waals surface area (Å²) in [7, 11) is -0.817. The zero-order valence-corrected chi connectivity index (χ0v) is 17.4. The number of methoxy groups -OCH3 is 2. The molecule has 0 bridgehead atoms. The lowest BCUT2D eigenvalue weighted by Gasteiger charge is -2.12. The predicted octanol–water partition coefficient (Wildman–Crippen LogP) is 2.25. The van der Waals surface area contributed by atoms with Crippen molar-refractivity contribution in [2.24, 2.45) is 0 Å². The van der Waals surface area contributed by atoms with Crippen molar-refractivity contribution in [1.82, 2.24) is 19.3 Å². The van der Waals surface area contributed by atoms with Crippen molar-refractivity contribution in [2.75, 3.05) is 27.4 Å². The Morgan fingerprint density at radius 3 is 2.57 bits per heavy atom. The second-order valence-electron chi connectivity index (χ2n) is 6.49. The first-order valence-electron chi connectivity index (χ1n) is 8.79. The first-order chi connectivity index (χ1) is 13.3. The van der Waals surface area contributed by atoms with Gasteiger partial charge in [0.2, 0.25) is 10.0 Å². The maximum Gasteiger partial charge on any atom is 0.244 e. The van der Waals surface area contributed by atoms with E-state index in [1.165, 1.54) is 14.2 Å². The van der Waals surface area contributed by atoms with Gasteiger partial charge in [0.05, 0.1) is 19.4 Å². The maximum absolute atomic E-state index is 12.8. The number of nitrogens with one attached hydrogen (secondary N) is 1. The third kappa shape index (κ3) is 3.73. The van der Waals surface area contributed by atoms with Crippen LogP contribution in [-0.4, -0.2) is 50.4 Å². The van der Waals surface area contributed by atoms with Crippen molar-refractivity contribution in [3.63, 3.8) is 0 Å².